The van der Waals surface area contributed by atoms with E-state index in [-0.39, 0.29) is 17.7 Å². The fourth-order valence-electron chi connectivity index (χ4n) is 1.69. The molecule has 0 heterocycles. The van der Waals surface area contributed by atoms with E-state index >= 15 is 0 Å². The van der Waals surface area contributed by atoms with Crippen LogP contribution in [-0.4, -0.2) is 31.4 Å². The van der Waals surface area contributed by atoms with Crippen molar-refractivity contribution in [2.45, 2.75) is 37.5 Å². The largest absolute Gasteiger partial charge is 0.352 e. The third kappa shape index (κ3) is 5.94. The monoisotopic (exact) mass is 297 g/mol. The van der Waals surface area contributed by atoms with Crippen molar-refractivity contribution in [1.82, 2.24) is 5.32 Å². The Labute approximate surface area is 125 Å². The van der Waals surface area contributed by atoms with Crippen LogP contribution in [-0.2, 0) is 14.3 Å². The molecule has 20 heavy (non-hydrogen) atoms. The van der Waals surface area contributed by atoms with Crippen molar-refractivity contribution in [3.8, 4) is 0 Å². The van der Waals surface area contributed by atoms with Crippen LogP contribution in [0.4, 0.5) is 0 Å². The van der Waals surface area contributed by atoms with E-state index in [1.807, 2.05) is 45.0 Å². The number of ether oxygens (including phenoxy) is 2. The second-order valence-electron chi connectivity index (χ2n) is 5.46. The van der Waals surface area contributed by atoms with E-state index in [9.17, 15) is 4.79 Å². The summed E-state index contributed by atoms with van der Waals surface area (Å²) < 4.78 is 10.4. The van der Waals surface area contributed by atoms with Gasteiger partial charge in [-0.2, -0.15) is 0 Å². The molecular weight excluding hydrogens is 274 g/mol. The van der Waals surface area contributed by atoms with Crippen LogP contribution >= 0.6 is 11.8 Å². The third-order valence-electron chi connectivity index (χ3n) is 2.46. The lowest BCUT2D eigenvalue weighted by atomic mass is 10.1. The third-order valence-corrected chi connectivity index (χ3v) is 3.48. The van der Waals surface area contributed by atoms with Crippen LogP contribution in [0, 0.1) is 0 Å². The molecule has 1 rings (SSSR count). The Morgan fingerprint density at radius 3 is 2.20 bits per heavy atom. The molecule has 0 spiro atoms. The normalized spacial score (nSPS) is 11.7. The SMILES string of the molecule is COC(OC)c1ccc(SCC(=O)NC(C)(C)C)cc1. The average molecular weight is 297 g/mol. The lowest BCUT2D eigenvalue weighted by molar-refractivity contribution is -0.119. The van der Waals surface area contributed by atoms with E-state index in [0.717, 1.165) is 10.5 Å². The van der Waals surface area contributed by atoms with Crippen LogP contribution in [0.5, 0.6) is 0 Å². The zero-order valence-electron chi connectivity index (χ0n) is 12.7. The van der Waals surface area contributed by atoms with E-state index in [1.165, 1.54) is 11.8 Å². The van der Waals surface area contributed by atoms with Gasteiger partial charge in [0.25, 0.3) is 0 Å². The van der Waals surface area contributed by atoms with Crippen LogP contribution in [0.25, 0.3) is 0 Å². The van der Waals surface area contributed by atoms with Gasteiger partial charge in [0.15, 0.2) is 6.29 Å². The molecule has 5 heteroatoms. The number of amides is 1. The second-order valence-corrected chi connectivity index (χ2v) is 6.51. The van der Waals surface area contributed by atoms with Gasteiger partial charge in [-0.15, -0.1) is 11.8 Å². The number of nitrogens with one attached hydrogen (secondary N) is 1. The predicted octanol–water partition coefficient (Wildman–Crippen LogP) is 2.98. The van der Waals surface area contributed by atoms with Gasteiger partial charge in [-0.25, -0.2) is 0 Å². The molecule has 0 aromatic heterocycles. The maximum atomic E-state index is 11.7. The molecular formula is C15H23NO3S. The summed E-state index contributed by atoms with van der Waals surface area (Å²) in [7, 11) is 3.21. The van der Waals surface area contributed by atoms with Crippen molar-refractivity contribution in [3.63, 3.8) is 0 Å². The van der Waals surface area contributed by atoms with Crippen LogP contribution in [0.1, 0.15) is 32.6 Å². The standard InChI is InChI=1S/C15H23NO3S/c1-15(2,3)16-13(17)10-20-12-8-6-11(7-9-12)14(18-4)19-5/h6-9,14H,10H2,1-5H3,(H,16,17). The van der Waals surface area contributed by atoms with Gasteiger partial charge in [-0.1, -0.05) is 12.1 Å². The number of hydrogen-bond donors (Lipinski definition) is 1. The first-order chi connectivity index (χ1) is 9.35. The van der Waals surface area contributed by atoms with E-state index in [0.29, 0.717) is 5.75 Å². The quantitative estimate of drug-likeness (QED) is 0.648. The first kappa shape index (κ1) is 17.0. The van der Waals surface area contributed by atoms with Crippen molar-refractivity contribution in [1.29, 1.82) is 0 Å². The highest BCUT2D eigenvalue weighted by atomic mass is 32.2. The van der Waals surface area contributed by atoms with Crippen LogP contribution in [0.3, 0.4) is 0 Å². The molecule has 0 aliphatic heterocycles. The number of thioether (sulfide) groups is 1. The Hall–Kier alpha value is -1.04. The molecule has 4 nitrogen and oxygen atoms in total. The maximum Gasteiger partial charge on any atom is 0.230 e. The molecule has 0 aliphatic carbocycles. The summed E-state index contributed by atoms with van der Waals surface area (Å²) in [5, 5.41) is 2.94. The minimum absolute atomic E-state index is 0.0400. The molecule has 1 aromatic carbocycles. The van der Waals surface area contributed by atoms with E-state index < -0.39 is 0 Å². The summed E-state index contributed by atoms with van der Waals surface area (Å²) in [4.78, 5) is 12.8. The number of rotatable bonds is 6. The minimum atomic E-state index is -0.349. The summed E-state index contributed by atoms with van der Waals surface area (Å²) in [5.41, 5.74) is 0.768. The molecule has 0 atom stereocenters. The molecule has 112 valence electrons. The van der Waals surface area contributed by atoms with Crippen molar-refractivity contribution in [2.75, 3.05) is 20.0 Å². The minimum Gasteiger partial charge on any atom is -0.352 e. The number of benzene rings is 1. The average Bonchev–Trinajstić information content (AvgIpc) is 2.37. The Kier molecular flexibility index (Phi) is 6.52. The molecule has 0 unspecified atom stereocenters. The zero-order valence-corrected chi connectivity index (χ0v) is 13.5. The highest BCUT2D eigenvalue weighted by Crippen LogP contribution is 2.23. The fourth-order valence-corrected chi connectivity index (χ4v) is 2.39. The van der Waals surface area contributed by atoms with Crippen molar-refractivity contribution >= 4 is 17.7 Å². The molecule has 0 radical (unpaired) electrons. The summed E-state index contributed by atoms with van der Waals surface area (Å²) in [6.45, 7) is 5.92. The van der Waals surface area contributed by atoms with Gasteiger partial charge in [0.2, 0.25) is 5.91 Å². The maximum absolute atomic E-state index is 11.7. The van der Waals surface area contributed by atoms with Crippen LogP contribution < -0.4 is 5.32 Å². The van der Waals surface area contributed by atoms with Gasteiger partial charge in [-0.3, -0.25) is 4.79 Å². The zero-order chi connectivity index (χ0) is 15.2. The number of hydrogen-bond acceptors (Lipinski definition) is 4. The highest BCUT2D eigenvalue weighted by molar-refractivity contribution is 8.00. The molecule has 1 N–H and O–H groups in total. The molecule has 0 saturated heterocycles. The Morgan fingerprint density at radius 2 is 1.75 bits per heavy atom. The molecule has 0 fully saturated rings. The first-order valence-corrected chi connectivity index (χ1v) is 7.43. The summed E-state index contributed by atoms with van der Waals surface area (Å²) in [6, 6.07) is 7.83. The van der Waals surface area contributed by atoms with Crippen molar-refractivity contribution in [2.24, 2.45) is 0 Å². The first-order valence-electron chi connectivity index (χ1n) is 6.45. The van der Waals surface area contributed by atoms with Crippen molar-refractivity contribution in [3.05, 3.63) is 29.8 Å². The van der Waals surface area contributed by atoms with Gasteiger partial charge in [-0.05, 0) is 32.9 Å². The summed E-state index contributed by atoms with van der Waals surface area (Å²) in [6.07, 6.45) is -0.349. The van der Waals surface area contributed by atoms with Gasteiger partial charge >= 0.3 is 0 Å². The van der Waals surface area contributed by atoms with Gasteiger partial charge in [0.05, 0.1) is 5.75 Å². The lowest BCUT2D eigenvalue weighted by Crippen LogP contribution is -2.41. The topological polar surface area (TPSA) is 47.6 Å². The Bertz CT molecular complexity index is 422. The van der Waals surface area contributed by atoms with Crippen molar-refractivity contribution < 1.29 is 14.3 Å². The lowest BCUT2D eigenvalue weighted by Gasteiger charge is -2.20. The van der Waals surface area contributed by atoms with Crippen LogP contribution in [0.2, 0.25) is 0 Å². The molecule has 1 amide bonds. The summed E-state index contributed by atoms with van der Waals surface area (Å²) in [5.74, 6) is 0.451. The predicted molar refractivity (Wildman–Crippen MR) is 81.8 cm³/mol. The number of carbonyl (C=O) groups excluding carboxylic acids is 1. The van der Waals surface area contributed by atoms with E-state index in [4.69, 9.17) is 9.47 Å². The highest BCUT2D eigenvalue weighted by Gasteiger charge is 2.14. The molecule has 1 aromatic rings. The smallest absolute Gasteiger partial charge is 0.230 e. The van der Waals surface area contributed by atoms with Gasteiger partial charge in [0.1, 0.15) is 0 Å². The van der Waals surface area contributed by atoms with E-state index in [1.54, 1.807) is 14.2 Å². The Morgan fingerprint density at radius 1 is 1.20 bits per heavy atom. The van der Waals surface area contributed by atoms with Gasteiger partial charge < -0.3 is 14.8 Å². The van der Waals surface area contributed by atoms with Crippen LogP contribution in [0.15, 0.2) is 29.2 Å². The number of methoxy groups -OCH3 is 2. The second kappa shape index (κ2) is 7.67. The summed E-state index contributed by atoms with van der Waals surface area (Å²) >= 11 is 1.51. The molecule has 0 bridgehead atoms. The molecule has 0 saturated carbocycles. The van der Waals surface area contributed by atoms with Gasteiger partial charge in [0, 0.05) is 30.2 Å². The molecule has 0 aliphatic rings. The fraction of sp³-hybridized carbons (Fsp3) is 0.533. The number of carbonyl (C=O) groups is 1. The Balaban J connectivity index is 2.52. The van der Waals surface area contributed by atoms with E-state index in [2.05, 4.69) is 5.32 Å².